The van der Waals surface area contributed by atoms with Crippen LogP contribution < -0.4 is 5.32 Å². The van der Waals surface area contributed by atoms with Crippen LogP contribution in [-0.4, -0.2) is 20.9 Å². The van der Waals surface area contributed by atoms with Crippen LogP contribution in [0.1, 0.15) is 11.1 Å². The van der Waals surface area contributed by atoms with Crippen LogP contribution in [0.15, 0.2) is 59.6 Å². The summed E-state index contributed by atoms with van der Waals surface area (Å²) in [5.41, 5.74) is 0.0301. The molecule has 4 nitrogen and oxygen atoms in total. The lowest BCUT2D eigenvalue weighted by Crippen LogP contribution is -2.27. The van der Waals surface area contributed by atoms with Crippen LogP contribution in [0.3, 0.4) is 0 Å². The number of rotatable bonds is 3. The van der Waals surface area contributed by atoms with Gasteiger partial charge in [-0.15, -0.1) is 0 Å². The molecule has 1 saturated heterocycles. The molecule has 0 radical (unpaired) electrons. The Hall–Kier alpha value is -2.32. The van der Waals surface area contributed by atoms with Gasteiger partial charge < -0.3 is 4.55 Å². The van der Waals surface area contributed by atoms with Crippen molar-refractivity contribution < 1.29 is 22.5 Å². The van der Waals surface area contributed by atoms with Gasteiger partial charge in [-0.1, -0.05) is 36.4 Å². The van der Waals surface area contributed by atoms with Crippen LogP contribution in [0, 0.1) is 0 Å². The van der Waals surface area contributed by atoms with Crippen molar-refractivity contribution in [1.29, 1.82) is 0 Å². The molecule has 2 aromatic rings. The van der Waals surface area contributed by atoms with Crippen LogP contribution in [-0.2, 0) is 28.6 Å². The van der Waals surface area contributed by atoms with Crippen molar-refractivity contribution in [3.05, 3.63) is 65.7 Å². The quantitative estimate of drug-likeness (QED) is 0.848. The van der Waals surface area contributed by atoms with Gasteiger partial charge >= 0.3 is 11.3 Å². The van der Waals surface area contributed by atoms with E-state index in [1.165, 1.54) is 12.1 Å². The van der Waals surface area contributed by atoms with Crippen molar-refractivity contribution in [2.24, 2.45) is 4.99 Å². The van der Waals surface area contributed by atoms with E-state index in [4.69, 9.17) is 0 Å². The van der Waals surface area contributed by atoms with Gasteiger partial charge in [-0.05, 0) is 23.8 Å². The zero-order valence-electron chi connectivity index (χ0n) is 12.8. The van der Waals surface area contributed by atoms with Crippen molar-refractivity contribution >= 4 is 27.9 Å². The van der Waals surface area contributed by atoms with Gasteiger partial charge in [-0.3, -0.25) is 10.1 Å². The lowest BCUT2D eigenvalue weighted by Gasteiger charge is -2.12. The number of alkyl halides is 3. The Balaban J connectivity index is 1.80. The fourth-order valence-corrected chi connectivity index (χ4v) is 3.68. The molecule has 2 unspecified atom stereocenters. The second kappa shape index (κ2) is 6.89. The first-order valence-corrected chi connectivity index (χ1v) is 8.57. The number of carbonyl (C=O) groups excluding carboxylic acids is 1. The molecule has 1 amide bonds. The molecule has 1 fully saturated rings. The molecule has 0 bridgehead atoms. The third kappa shape index (κ3) is 4.02. The van der Waals surface area contributed by atoms with E-state index >= 15 is 0 Å². The molecule has 130 valence electrons. The highest BCUT2D eigenvalue weighted by Crippen LogP contribution is 2.30. The van der Waals surface area contributed by atoms with Crippen molar-refractivity contribution in [1.82, 2.24) is 5.32 Å². The highest BCUT2D eigenvalue weighted by Gasteiger charge is 2.44. The van der Waals surface area contributed by atoms with E-state index in [2.05, 4.69) is 10.3 Å². The van der Waals surface area contributed by atoms with Gasteiger partial charge in [-0.2, -0.15) is 18.2 Å². The third-order valence-electron chi connectivity index (χ3n) is 3.63. The predicted molar refractivity (Wildman–Crippen MR) is 88.8 cm³/mol. The average Bonchev–Trinajstić information content (AvgIpc) is 2.83. The summed E-state index contributed by atoms with van der Waals surface area (Å²) >= 11 is -1.75. The van der Waals surface area contributed by atoms with E-state index in [1.54, 1.807) is 30.3 Å². The average molecular weight is 366 g/mol. The van der Waals surface area contributed by atoms with E-state index < -0.39 is 34.1 Å². The number of amides is 1. The van der Waals surface area contributed by atoms with Gasteiger partial charge in [0.2, 0.25) is 5.25 Å². The van der Waals surface area contributed by atoms with Gasteiger partial charge in [-0.25, -0.2) is 0 Å². The summed E-state index contributed by atoms with van der Waals surface area (Å²) in [5, 5.41) is 1.51. The van der Waals surface area contributed by atoms with E-state index in [-0.39, 0.29) is 11.6 Å². The van der Waals surface area contributed by atoms with E-state index in [1.807, 2.05) is 0 Å². The molecular formula is C17H13F3N2O2S. The van der Waals surface area contributed by atoms with Gasteiger partial charge in [0, 0.05) is 17.6 Å². The minimum absolute atomic E-state index is 0.0215. The Labute approximate surface area is 145 Å². The fourth-order valence-electron chi connectivity index (χ4n) is 2.42. The zero-order valence-corrected chi connectivity index (χ0v) is 13.6. The van der Waals surface area contributed by atoms with Crippen molar-refractivity contribution in [2.75, 3.05) is 0 Å². The molecule has 1 aliphatic rings. The maximum absolute atomic E-state index is 12.8. The minimum Gasteiger partial charge on any atom is -0.608 e. The lowest BCUT2D eigenvalue weighted by molar-refractivity contribution is -0.137. The maximum atomic E-state index is 12.8. The fraction of sp³-hybridized carbons (Fsp3) is 0.176. The van der Waals surface area contributed by atoms with E-state index in [9.17, 15) is 22.5 Å². The summed E-state index contributed by atoms with van der Waals surface area (Å²) in [4.78, 5) is 16.2. The minimum atomic E-state index is -4.47. The van der Waals surface area contributed by atoms with Crippen LogP contribution in [0.25, 0.3) is 0 Å². The van der Waals surface area contributed by atoms with Crippen molar-refractivity contribution in [3.63, 3.8) is 0 Å². The summed E-state index contributed by atoms with van der Waals surface area (Å²) < 4.78 is 50.8. The smallest absolute Gasteiger partial charge is 0.416 e. The van der Waals surface area contributed by atoms with Gasteiger partial charge in [0.25, 0.3) is 5.91 Å². The summed E-state index contributed by atoms with van der Waals surface area (Å²) in [6.45, 7) is 0. The molecule has 0 spiro atoms. The Bertz CT molecular complexity index is 809. The Morgan fingerprint density at radius 3 is 2.52 bits per heavy atom. The molecule has 1 heterocycles. The predicted octanol–water partition coefficient (Wildman–Crippen LogP) is 3.18. The van der Waals surface area contributed by atoms with Crippen LogP contribution in [0.5, 0.6) is 0 Å². The molecule has 0 saturated carbocycles. The molecule has 8 heteroatoms. The molecule has 0 aromatic heterocycles. The number of nitrogens with one attached hydrogen (secondary N) is 1. The number of hydrogen-bond donors (Lipinski definition) is 1. The van der Waals surface area contributed by atoms with Crippen LogP contribution in [0.2, 0.25) is 0 Å². The number of hydrogen-bond acceptors (Lipinski definition) is 3. The molecular weight excluding hydrogens is 353 g/mol. The number of carbonyl (C=O) groups is 1. The summed E-state index contributed by atoms with van der Waals surface area (Å²) in [6, 6.07) is 13.4. The largest absolute Gasteiger partial charge is 0.608 e. The number of benzene rings is 2. The molecule has 25 heavy (non-hydrogen) atoms. The van der Waals surface area contributed by atoms with E-state index in [0.29, 0.717) is 11.3 Å². The zero-order chi connectivity index (χ0) is 18.0. The van der Waals surface area contributed by atoms with Crippen LogP contribution in [0.4, 0.5) is 18.9 Å². The van der Waals surface area contributed by atoms with Crippen LogP contribution >= 0.6 is 0 Å². The van der Waals surface area contributed by atoms with Gasteiger partial charge in [0.05, 0.1) is 11.3 Å². The lowest BCUT2D eigenvalue weighted by atomic mass is 10.1. The maximum Gasteiger partial charge on any atom is 0.416 e. The van der Waals surface area contributed by atoms with Crippen molar-refractivity contribution in [3.8, 4) is 0 Å². The first kappa shape index (κ1) is 17.5. The number of para-hydroxylation sites is 1. The SMILES string of the molecule is O=C1N/C(=N\c2ccccc2)[S+]([O-])C1Cc1cccc(C(F)(F)F)c1. The topological polar surface area (TPSA) is 64.5 Å². The summed E-state index contributed by atoms with van der Waals surface area (Å²) in [7, 11) is 0. The molecule has 1 aliphatic heterocycles. The van der Waals surface area contributed by atoms with Gasteiger partial charge in [0.15, 0.2) is 0 Å². The number of amidine groups is 1. The monoisotopic (exact) mass is 366 g/mol. The number of aliphatic imine (C=N–C) groups is 1. The van der Waals surface area contributed by atoms with Gasteiger partial charge in [0.1, 0.15) is 0 Å². The standard InChI is InChI=1S/C17H13F3N2O2S/c18-17(19,20)12-6-4-5-11(9-12)10-14-15(23)22-16(25(14)24)21-13-7-2-1-3-8-13/h1-9,14H,10H2,(H,21,22,23). The Morgan fingerprint density at radius 2 is 1.84 bits per heavy atom. The second-order valence-corrected chi connectivity index (χ2v) is 6.98. The molecule has 2 atom stereocenters. The summed E-state index contributed by atoms with van der Waals surface area (Å²) in [5.74, 6) is -0.509. The molecule has 0 aliphatic carbocycles. The molecule has 1 N–H and O–H groups in total. The molecule has 2 aromatic carbocycles. The normalized spacial score (nSPS) is 22.2. The first-order chi connectivity index (χ1) is 11.8. The number of halogens is 3. The third-order valence-corrected chi connectivity index (χ3v) is 5.11. The van der Waals surface area contributed by atoms with Crippen molar-refractivity contribution in [2.45, 2.75) is 17.8 Å². The highest BCUT2D eigenvalue weighted by molar-refractivity contribution is 8.08. The Morgan fingerprint density at radius 1 is 1.12 bits per heavy atom. The summed E-state index contributed by atoms with van der Waals surface area (Å²) in [6.07, 6.45) is -4.52. The second-order valence-electron chi connectivity index (χ2n) is 5.43. The molecule has 3 rings (SSSR count). The van der Waals surface area contributed by atoms with E-state index in [0.717, 1.165) is 12.1 Å². The Kier molecular flexibility index (Phi) is 4.82. The number of nitrogens with zero attached hydrogens (tertiary/aromatic N) is 1. The highest BCUT2D eigenvalue weighted by atomic mass is 32.2. The first-order valence-electron chi connectivity index (χ1n) is 7.36.